The molecular formula is C20H22FN3O. The maximum Gasteiger partial charge on any atom is 0.319 e. The predicted octanol–water partition coefficient (Wildman–Crippen LogP) is 4.62. The van der Waals surface area contributed by atoms with Crippen molar-refractivity contribution in [1.29, 1.82) is 0 Å². The summed E-state index contributed by atoms with van der Waals surface area (Å²) in [6, 6.07) is 12.3. The van der Waals surface area contributed by atoms with Gasteiger partial charge in [0.2, 0.25) is 0 Å². The third kappa shape index (κ3) is 4.18. The molecule has 1 aromatic heterocycles. The lowest BCUT2D eigenvalue weighted by molar-refractivity contribution is 0.252. The normalized spacial score (nSPS) is 10.8. The highest BCUT2D eigenvalue weighted by atomic mass is 19.1. The number of hydrogen-bond donors (Lipinski definition) is 3. The molecule has 3 N–H and O–H groups in total. The Morgan fingerprint density at radius 1 is 1.12 bits per heavy atom. The fourth-order valence-electron chi connectivity index (χ4n) is 2.97. The Bertz CT molecular complexity index is 872. The summed E-state index contributed by atoms with van der Waals surface area (Å²) in [6.45, 7) is 2.62. The van der Waals surface area contributed by atoms with Crippen LogP contribution in [0.2, 0.25) is 0 Å². The van der Waals surface area contributed by atoms with Crippen molar-refractivity contribution >= 4 is 22.6 Å². The molecule has 1 heterocycles. The number of nitrogens with one attached hydrogen (secondary N) is 3. The summed E-state index contributed by atoms with van der Waals surface area (Å²) < 4.78 is 13.2. The quantitative estimate of drug-likeness (QED) is 0.603. The second kappa shape index (κ2) is 7.83. The summed E-state index contributed by atoms with van der Waals surface area (Å²) >= 11 is 0. The number of benzene rings is 2. The summed E-state index contributed by atoms with van der Waals surface area (Å²) in [6.07, 6.45) is 4.50. The second-order valence-corrected chi connectivity index (χ2v) is 6.04. The third-order valence-electron chi connectivity index (χ3n) is 4.19. The zero-order valence-electron chi connectivity index (χ0n) is 14.2. The van der Waals surface area contributed by atoms with Crippen LogP contribution in [0.25, 0.3) is 10.9 Å². The summed E-state index contributed by atoms with van der Waals surface area (Å²) in [5.41, 5.74) is 3.82. The maximum atomic E-state index is 13.2. The highest BCUT2D eigenvalue weighted by molar-refractivity contribution is 5.90. The van der Waals surface area contributed by atoms with Crippen LogP contribution >= 0.6 is 0 Å². The van der Waals surface area contributed by atoms with E-state index in [1.54, 1.807) is 6.07 Å². The Morgan fingerprint density at radius 3 is 2.80 bits per heavy atom. The standard InChI is InChI=1S/C20H22FN3O/c1-2-5-14-6-3-4-7-18(14)24-20(25)22-11-10-15-13-23-19-12-16(21)8-9-17(15)19/h3-4,6-9,12-13,23H,2,5,10-11H2,1H3,(H2,22,24,25). The van der Waals surface area contributed by atoms with Gasteiger partial charge in [0.15, 0.2) is 0 Å². The van der Waals surface area contributed by atoms with E-state index in [9.17, 15) is 9.18 Å². The number of anilines is 1. The molecule has 0 fully saturated rings. The van der Waals surface area contributed by atoms with Gasteiger partial charge in [-0.05, 0) is 48.2 Å². The third-order valence-corrected chi connectivity index (χ3v) is 4.19. The van der Waals surface area contributed by atoms with Crippen molar-refractivity contribution < 1.29 is 9.18 Å². The molecule has 2 aromatic carbocycles. The van der Waals surface area contributed by atoms with Crippen LogP contribution in [0, 0.1) is 5.82 Å². The van der Waals surface area contributed by atoms with Crippen molar-refractivity contribution in [3.05, 3.63) is 65.6 Å². The first-order chi connectivity index (χ1) is 12.2. The average molecular weight is 339 g/mol. The van der Waals surface area contributed by atoms with E-state index >= 15 is 0 Å². The fourth-order valence-corrected chi connectivity index (χ4v) is 2.97. The zero-order chi connectivity index (χ0) is 17.6. The molecule has 130 valence electrons. The summed E-state index contributed by atoms with van der Waals surface area (Å²) in [7, 11) is 0. The Labute approximate surface area is 146 Å². The van der Waals surface area contributed by atoms with Crippen molar-refractivity contribution in [2.45, 2.75) is 26.2 Å². The van der Waals surface area contributed by atoms with Crippen LogP contribution in [-0.2, 0) is 12.8 Å². The van der Waals surface area contributed by atoms with Crippen LogP contribution < -0.4 is 10.6 Å². The molecule has 0 spiro atoms. The SMILES string of the molecule is CCCc1ccccc1NC(=O)NCCc1c[nH]c2cc(F)ccc12. The van der Waals surface area contributed by atoms with Gasteiger partial charge >= 0.3 is 6.03 Å². The number of carbonyl (C=O) groups excluding carboxylic acids is 1. The summed E-state index contributed by atoms with van der Waals surface area (Å²) in [5.74, 6) is -0.260. The minimum absolute atomic E-state index is 0.213. The van der Waals surface area contributed by atoms with Gasteiger partial charge in [0, 0.05) is 29.3 Å². The van der Waals surface area contributed by atoms with Gasteiger partial charge in [0.1, 0.15) is 5.82 Å². The molecule has 0 unspecified atom stereocenters. The predicted molar refractivity (Wildman–Crippen MR) is 99.4 cm³/mol. The number of para-hydroxylation sites is 1. The second-order valence-electron chi connectivity index (χ2n) is 6.04. The number of rotatable bonds is 6. The topological polar surface area (TPSA) is 56.9 Å². The summed E-state index contributed by atoms with van der Waals surface area (Å²) in [4.78, 5) is 15.2. The molecule has 2 amide bonds. The van der Waals surface area contributed by atoms with Crippen molar-refractivity contribution in [1.82, 2.24) is 10.3 Å². The van der Waals surface area contributed by atoms with Crippen LogP contribution in [0.1, 0.15) is 24.5 Å². The van der Waals surface area contributed by atoms with Gasteiger partial charge < -0.3 is 15.6 Å². The van der Waals surface area contributed by atoms with E-state index in [-0.39, 0.29) is 11.8 Å². The summed E-state index contributed by atoms with van der Waals surface area (Å²) in [5, 5.41) is 6.77. The molecule has 25 heavy (non-hydrogen) atoms. The lowest BCUT2D eigenvalue weighted by Crippen LogP contribution is -2.30. The number of amides is 2. The van der Waals surface area contributed by atoms with Crippen molar-refractivity contribution in [3.63, 3.8) is 0 Å². The van der Waals surface area contributed by atoms with E-state index in [0.717, 1.165) is 40.6 Å². The Morgan fingerprint density at radius 2 is 1.96 bits per heavy atom. The van der Waals surface area contributed by atoms with Crippen molar-refractivity contribution in [2.75, 3.05) is 11.9 Å². The van der Waals surface area contributed by atoms with Gasteiger partial charge in [-0.2, -0.15) is 0 Å². The molecule has 0 bridgehead atoms. The number of aromatic nitrogens is 1. The molecule has 0 saturated carbocycles. The van der Waals surface area contributed by atoms with Gasteiger partial charge in [-0.3, -0.25) is 0 Å². The Balaban J connectivity index is 1.56. The van der Waals surface area contributed by atoms with Gasteiger partial charge in [-0.1, -0.05) is 31.5 Å². The minimum atomic E-state index is -0.260. The highest BCUT2D eigenvalue weighted by Crippen LogP contribution is 2.19. The van der Waals surface area contributed by atoms with Crippen molar-refractivity contribution in [3.8, 4) is 0 Å². The fraction of sp³-hybridized carbons (Fsp3) is 0.250. The number of aromatic amines is 1. The van der Waals surface area contributed by atoms with E-state index in [2.05, 4.69) is 22.5 Å². The van der Waals surface area contributed by atoms with Crippen LogP contribution in [0.15, 0.2) is 48.7 Å². The minimum Gasteiger partial charge on any atom is -0.361 e. The van der Waals surface area contributed by atoms with Gasteiger partial charge in [0.25, 0.3) is 0 Å². The molecule has 5 heteroatoms. The Kier molecular flexibility index (Phi) is 5.33. The maximum absolute atomic E-state index is 13.2. The average Bonchev–Trinajstić information content (AvgIpc) is 2.99. The van der Waals surface area contributed by atoms with E-state index in [4.69, 9.17) is 0 Å². The molecule has 0 aliphatic rings. The van der Waals surface area contributed by atoms with Gasteiger partial charge in [-0.15, -0.1) is 0 Å². The van der Waals surface area contributed by atoms with Crippen LogP contribution in [0.4, 0.5) is 14.9 Å². The van der Waals surface area contributed by atoms with E-state index in [1.807, 2.05) is 30.5 Å². The first kappa shape index (κ1) is 17.0. The Hall–Kier alpha value is -2.82. The van der Waals surface area contributed by atoms with Crippen molar-refractivity contribution in [2.24, 2.45) is 0 Å². The van der Waals surface area contributed by atoms with Crippen LogP contribution in [0.5, 0.6) is 0 Å². The molecule has 0 saturated heterocycles. The molecule has 3 rings (SSSR count). The lowest BCUT2D eigenvalue weighted by atomic mass is 10.1. The molecule has 0 aliphatic heterocycles. The number of hydrogen-bond acceptors (Lipinski definition) is 1. The lowest BCUT2D eigenvalue weighted by Gasteiger charge is -2.11. The zero-order valence-corrected chi connectivity index (χ0v) is 14.2. The smallest absolute Gasteiger partial charge is 0.319 e. The molecule has 4 nitrogen and oxygen atoms in total. The number of urea groups is 1. The number of H-pyrrole nitrogens is 1. The van der Waals surface area contributed by atoms with Crippen LogP contribution in [0.3, 0.4) is 0 Å². The van der Waals surface area contributed by atoms with Crippen LogP contribution in [-0.4, -0.2) is 17.6 Å². The number of aryl methyl sites for hydroxylation is 1. The van der Waals surface area contributed by atoms with E-state index < -0.39 is 0 Å². The number of carbonyl (C=O) groups is 1. The molecule has 0 radical (unpaired) electrons. The number of fused-ring (bicyclic) bond motifs is 1. The first-order valence-corrected chi connectivity index (χ1v) is 8.55. The number of halogens is 1. The molecule has 3 aromatic rings. The first-order valence-electron chi connectivity index (χ1n) is 8.55. The van der Waals surface area contributed by atoms with Gasteiger partial charge in [0.05, 0.1) is 0 Å². The van der Waals surface area contributed by atoms with E-state index in [1.165, 1.54) is 12.1 Å². The van der Waals surface area contributed by atoms with Gasteiger partial charge in [-0.25, -0.2) is 9.18 Å². The molecular weight excluding hydrogens is 317 g/mol. The van der Waals surface area contributed by atoms with E-state index in [0.29, 0.717) is 13.0 Å². The monoisotopic (exact) mass is 339 g/mol. The highest BCUT2D eigenvalue weighted by Gasteiger charge is 2.07. The largest absolute Gasteiger partial charge is 0.361 e. The molecule has 0 aliphatic carbocycles. The molecule has 0 atom stereocenters.